The molecule has 1 saturated heterocycles. The van der Waals surface area contributed by atoms with Gasteiger partial charge >= 0.3 is 5.97 Å². The van der Waals surface area contributed by atoms with Gasteiger partial charge in [-0.3, -0.25) is 24.1 Å². The number of benzene rings is 1. The van der Waals surface area contributed by atoms with Crippen LogP contribution in [0.15, 0.2) is 12.1 Å². The lowest BCUT2D eigenvalue weighted by molar-refractivity contribution is -0.154. The fourth-order valence-electron chi connectivity index (χ4n) is 3.82. The van der Waals surface area contributed by atoms with Crippen LogP contribution in [0.2, 0.25) is 5.02 Å². The summed E-state index contributed by atoms with van der Waals surface area (Å²) < 4.78 is 10.1. The van der Waals surface area contributed by atoms with Crippen molar-refractivity contribution in [1.82, 2.24) is 4.90 Å². The van der Waals surface area contributed by atoms with Crippen LogP contribution in [0, 0.1) is 18.8 Å². The minimum atomic E-state index is -0.806. The Kier molecular flexibility index (Phi) is 6.42. The van der Waals surface area contributed by atoms with Crippen molar-refractivity contribution in [1.29, 1.82) is 0 Å². The summed E-state index contributed by atoms with van der Waals surface area (Å²) in [4.78, 5) is 50.0. The summed E-state index contributed by atoms with van der Waals surface area (Å²) in [6.45, 7) is 0.757. The van der Waals surface area contributed by atoms with E-state index >= 15 is 0 Å². The number of halogens is 1. The Hall–Kier alpha value is -2.61. The van der Waals surface area contributed by atoms with E-state index in [1.54, 1.807) is 19.1 Å². The van der Waals surface area contributed by atoms with Gasteiger partial charge in [0.15, 0.2) is 6.61 Å². The van der Waals surface area contributed by atoms with Crippen LogP contribution < -0.4 is 10.1 Å². The number of hydrogen-bond donors (Lipinski definition) is 1. The van der Waals surface area contributed by atoms with Crippen LogP contribution in [0.3, 0.4) is 0 Å². The first-order chi connectivity index (χ1) is 13.8. The molecule has 1 aromatic rings. The van der Waals surface area contributed by atoms with Crippen LogP contribution in [-0.4, -0.2) is 48.9 Å². The first-order valence-corrected chi connectivity index (χ1v) is 9.84. The summed E-state index contributed by atoms with van der Waals surface area (Å²) in [7, 11) is 1.44. The fourth-order valence-corrected chi connectivity index (χ4v) is 3.98. The van der Waals surface area contributed by atoms with Crippen LogP contribution in [0.1, 0.15) is 31.2 Å². The summed E-state index contributed by atoms with van der Waals surface area (Å²) in [6.07, 6.45) is 3.16. The number of ether oxygens (including phenoxy) is 2. The molecule has 1 N–H and O–H groups in total. The van der Waals surface area contributed by atoms with Gasteiger partial charge in [-0.15, -0.1) is 0 Å². The van der Waals surface area contributed by atoms with Gasteiger partial charge in [0.1, 0.15) is 12.3 Å². The van der Waals surface area contributed by atoms with E-state index in [2.05, 4.69) is 5.32 Å². The molecule has 1 aliphatic heterocycles. The average Bonchev–Trinajstić information content (AvgIpc) is 2.94. The third-order valence-corrected chi connectivity index (χ3v) is 5.75. The van der Waals surface area contributed by atoms with Gasteiger partial charge in [-0.25, -0.2) is 0 Å². The number of amides is 3. The summed E-state index contributed by atoms with van der Waals surface area (Å²) in [6, 6.07) is 3.22. The molecular weight excluding hydrogens is 400 g/mol. The number of carbonyl (C=O) groups excluding carboxylic acids is 4. The van der Waals surface area contributed by atoms with Crippen molar-refractivity contribution in [2.75, 3.05) is 25.6 Å². The molecule has 0 radical (unpaired) electrons. The zero-order chi connectivity index (χ0) is 21.1. The second-order valence-corrected chi connectivity index (χ2v) is 7.68. The molecule has 3 amide bonds. The molecule has 2 aliphatic rings. The number of nitrogens with one attached hydrogen (secondary N) is 1. The van der Waals surface area contributed by atoms with Crippen LogP contribution in [-0.2, 0) is 23.9 Å². The Labute approximate surface area is 173 Å². The SMILES string of the molecule is COc1cc(Cl)c(C)cc1NC(=O)COC(=O)CN1C(=O)C2CCCCC2C1=O. The lowest BCUT2D eigenvalue weighted by Crippen LogP contribution is -2.37. The number of hydrogen-bond acceptors (Lipinski definition) is 6. The topological polar surface area (TPSA) is 102 Å². The van der Waals surface area contributed by atoms with Crippen molar-refractivity contribution in [2.45, 2.75) is 32.6 Å². The third-order valence-electron chi connectivity index (χ3n) is 5.34. The smallest absolute Gasteiger partial charge is 0.326 e. The Morgan fingerprint density at radius 1 is 1.17 bits per heavy atom. The number of anilines is 1. The molecule has 29 heavy (non-hydrogen) atoms. The molecule has 0 aromatic heterocycles. The van der Waals surface area contributed by atoms with Gasteiger partial charge in [0.25, 0.3) is 5.91 Å². The highest BCUT2D eigenvalue weighted by molar-refractivity contribution is 6.31. The number of rotatable bonds is 6. The van der Waals surface area contributed by atoms with Gasteiger partial charge in [-0.1, -0.05) is 24.4 Å². The monoisotopic (exact) mass is 422 g/mol. The van der Waals surface area contributed by atoms with E-state index in [0.29, 0.717) is 29.3 Å². The van der Waals surface area contributed by atoms with Gasteiger partial charge in [0, 0.05) is 11.1 Å². The number of carbonyl (C=O) groups is 4. The van der Waals surface area contributed by atoms with Crippen molar-refractivity contribution in [3.8, 4) is 5.75 Å². The van der Waals surface area contributed by atoms with E-state index in [0.717, 1.165) is 23.3 Å². The van der Waals surface area contributed by atoms with Crippen LogP contribution >= 0.6 is 11.6 Å². The first kappa shape index (κ1) is 21.1. The van der Waals surface area contributed by atoms with E-state index in [-0.39, 0.29) is 23.7 Å². The normalized spacial score (nSPS) is 21.0. The Balaban J connectivity index is 1.53. The molecule has 1 aliphatic carbocycles. The second-order valence-electron chi connectivity index (χ2n) is 7.27. The molecule has 3 rings (SSSR count). The van der Waals surface area contributed by atoms with Crippen molar-refractivity contribution in [2.24, 2.45) is 11.8 Å². The fraction of sp³-hybridized carbons (Fsp3) is 0.500. The maximum Gasteiger partial charge on any atom is 0.326 e. The number of esters is 1. The van der Waals surface area contributed by atoms with E-state index in [1.165, 1.54) is 7.11 Å². The van der Waals surface area contributed by atoms with Crippen molar-refractivity contribution < 1.29 is 28.7 Å². The first-order valence-electron chi connectivity index (χ1n) is 9.46. The molecule has 2 unspecified atom stereocenters. The van der Waals surface area contributed by atoms with E-state index in [1.807, 2.05) is 0 Å². The summed E-state index contributed by atoms with van der Waals surface area (Å²) in [5, 5.41) is 3.08. The molecule has 0 spiro atoms. The molecule has 1 saturated carbocycles. The molecule has 156 valence electrons. The quantitative estimate of drug-likeness (QED) is 0.557. The lowest BCUT2D eigenvalue weighted by Gasteiger charge is -2.19. The third kappa shape index (κ3) is 4.53. The summed E-state index contributed by atoms with van der Waals surface area (Å²) in [5.41, 5.74) is 1.14. The predicted molar refractivity (Wildman–Crippen MR) is 104 cm³/mol. The standard InChI is InChI=1S/C20H23ClN2O6/c1-11-7-15(16(28-2)8-14(11)21)22-17(24)10-29-18(25)9-23-19(26)12-5-3-4-6-13(12)20(23)27/h7-8,12-13H,3-6,9-10H2,1-2H3,(H,22,24). The van der Waals surface area contributed by atoms with Crippen molar-refractivity contribution in [3.05, 3.63) is 22.7 Å². The summed E-state index contributed by atoms with van der Waals surface area (Å²) in [5.74, 6) is -2.30. The minimum Gasteiger partial charge on any atom is -0.495 e. The van der Waals surface area contributed by atoms with Crippen LogP contribution in [0.4, 0.5) is 5.69 Å². The van der Waals surface area contributed by atoms with Gasteiger partial charge in [-0.2, -0.15) is 0 Å². The van der Waals surface area contributed by atoms with Crippen molar-refractivity contribution in [3.63, 3.8) is 0 Å². The number of methoxy groups -OCH3 is 1. The van der Waals surface area contributed by atoms with Crippen LogP contribution in [0.5, 0.6) is 5.75 Å². The molecule has 2 atom stereocenters. The molecule has 1 heterocycles. The number of imide groups is 1. The zero-order valence-corrected chi connectivity index (χ0v) is 17.1. The highest BCUT2D eigenvalue weighted by atomic mass is 35.5. The van der Waals surface area contributed by atoms with Gasteiger partial charge in [0.2, 0.25) is 11.8 Å². The lowest BCUT2D eigenvalue weighted by atomic mass is 9.81. The van der Waals surface area contributed by atoms with Crippen molar-refractivity contribution >= 4 is 41.0 Å². The van der Waals surface area contributed by atoms with Gasteiger partial charge in [-0.05, 0) is 31.4 Å². The maximum absolute atomic E-state index is 12.4. The maximum atomic E-state index is 12.4. The molecule has 1 aromatic carbocycles. The number of aryl methyl sites for hydroxylation is 1. The molecule has 9 heteroatoms. The Morgan fingerprint density at radius 2 is 1.79 bits per heavy atom. The molecule has 0 bridgehead atoms. The minimum absolute atomic E-state index is 0.317. The van der Waals surface area contributed by atoms with E-state index < -0.39 is 25.0 Å². The summed E-state index contributed by atoms with van der Waals surface area (Å²) >= 11 is 6.03. The predicted octanol–water partition coefficient (Wildman–Crippen LogP) is 2.31. The highest BCUT2D eigenvalue weighted by Gasteiger charge is 2.48. The number of nitrogens with zero attached hydrogens (tertiary/aromatic N) is 1. The zero-order valence-electron chi connectivity index (χ0n) is 16.3. The second kappa shape index (κ2) is 8.82. The van der Waals surface area contributed by atoms with E-state index in [4.69, 9.17) is 21.1 Å². The van der Waals surface area contributed by atoms with Gasteiger partial charge < -0.3 is 14.8 Å². The Bertz CT molecular complexity index is 832. The number of fused-ring (bicyclic) bond motifs is 1. The molecular formula is C20H23ClN2O6. The average molecular weight is 423 g/mol. The molecule has 8 nitrogen and oxygen atoms in total. The number of likely N-dealkylation sites (tertiary alicyclic amines) is 1. The van der Waals surface area contributed by atoms with Crippen LogP contribution in [0.25, 0.3) is 0 Å². The van der Waals surface area contributed by atoms with Gasteiger partial charge in [0.05, 0.1) is 24.6 Å². The largest absolute Gasteiger partial charge is 0.495 e. The highest BCUT2D eigenvalue weighted by Crippen LogP contribution is 2.37. The Morgan fingerprint density at radius 3 is 2.38 bits per heavy atom. The molecule has 2 fully saturated rings. The van der Waals surface area contributed by atoms with E-state index in [9.17, 15) is 19.2 Å².